The van der Waals surface area contributed by atoms with E-state index < -0.39 is 0 Å². The number of anilines is 1. The molecule has 0 aliphatic rings. The smallest absolute Gasteiger partial charge is 0.253 e. The molecule has 0 spiro atoms. The number of furan rings is 1. The Kier molecular flexibility index (Phi) is 4.02. The minimum absolute atomic E-state index is 0.184. The molecule has 4 nitrogen and oxygen atoms in total. The molecule has 0 fully saturated rings. The van der Waals surface area contributed by atoms with Crippen molar-refractivity contribution in [1.82, 2.24) is 5.32 Å². The van der Waals surface area contributed by atoms with Crippen molar-refractivity contribution in [2.24, 2.45) is 0 Å². The first-order valence-electron chi connectivity index (χ1n) is 5.55. The van der Waals surface area contributed by atoms with Crippen molar-refractivity contribution in [3.05, 3.63) is 51.4 Å². The average molecular weight is 299 g/mol. The highest BCUT2D eigenvalue weighted by molar-refractivity contribution is 6.44. The highest BCUT2D eigenvalue weighted by atomic mass is 35.5. The third kappa shape index (κ3) is 3.22. The lowest BCUT2D eigenvalue weighted by molar-refractivity contribution is 0.0948. The second kappa shape index (κ2) is 5.55. The zero-order valence-electron chi connectivity index (χ0n) is 10.2. The zero-order chi connectivity index (χ0) is 14.0. The number of hydrogen-bond donors (Lipinski definition) is 2. The number of benzene rings is 1. The zero-order valence-corrected chi connectivity index (χ0v) is 11.7. The Balaban J connectivity index is 2.12. The number of aryl methyl sites for hydroxylation is 1. The molecule has 0 saturated heterocycles. The van der Waals surface area contributed by atoms with Crippen LogP contribution in [0.1, 0.15) is 21.9 Å². The van der Waals surface area contributed by atoms with E-state index in [1.54, 1.807) is 6.07 Å². The molecule has 0 saturated carbocycles. The summed E-state index contributed by atoms with van der Waals surface area (Å²) in [5.74, 6) is 1.10. The van der Waals surface area contributed by atoms with Gasteiger partial charge in [-0.25, -0.2) is 0 Å². The summed E-state index contributed by atoms with van der Waals surface area (Å²) in [5, 5.41) is 3.13. The van der Waals surface area contributed by atoms with E-state index in [0.29, 0.717) is 11.4 Å². The molecule has 0 atom stereocenters. The van der Waals surface area contributed by atoms with Crippen LogP contribution in [0.5, 0.6) is 0 Å². The van der Waals surface area contributed by atoms with Gasteiger partial charge in [0.15, 0.2) is 0 Å². The Hall–Kier alpha value is -1.65. The van der Waals surface area contributed by atoms with Crippen LogP contribution in [0.3, 0.4) is 0 Å². The molecular formula is C13H12Cl2N2O2. The van der Waals surface area contributed by atoms with Crippen molar-refractivity contribution in [2.45, 2.75) is 13.5 Å². The van der Waals surface area contributed by atoms with Gasteiger partial charge in [0.25, 0.3) is 5.91 Å². The third-order valence-electron chi connectivity index (χ3n) is 2.51. The predicted molar refractivity (Wildman–Crippen MR) is 75.5 cm³/mol. The summed E-state index contributed by atoms with van der Waals surface area (Å²) in [6, 6.07) is 6.60. The molecule has 2 rings (SSSR count). The number of hydrogen-bond acceptors (Lipinski definition) is 3. The summed E-state index contributed by atoms with van der Waals surface area (Å²) < 4.78 is 5.35. The van der Waals surface area contributed by atoms with Gasteiger partial charge in [-0.2, -0.15) is 0 Å². The van der Waals surface area contributed by atoms with Gasteiger partial charge in [-0.05, 0) is 31.2 Å². The van der Waals surface area contributed by atoms with Crippen LogP contribution < -0.4 is 11.1 Å². The number of halogens is 2. The second-order valence-electron chi connectivity index (χ2n) is 4.06. The number of nitrogens with one attached hydrogen (secondary N) is 1. The number of carbonyl (C=O) groups is 1. The molecule has 100 valence electrons. The number of amides is 1. The molecule has 0 radical (unpaired) electrons. The van der Waals surface area contributed by atoms with Crippen molar-refractivity contribution in [3.8, 4) is 0 Å². The van der Waals surface area contributed by atoms with Crippen LogP contribution in [0.2, 0.25) is 10.0 Å². The fraction of sp³-hybridized carbons (Fsp3) is 0.154. The Morgan fingerprint density at radius 1 is 1.37 bits per heavy atom. The van der Waals surface area contributed by atoms with Gasteiger partial charge in [-0.1, -0.05) is 23.2 Å². The topological polar surface area (TPSA) is 68.3 Å². The van der Waals surface area contributed by atoms with E-state index in [0.717, 1.165) is 5.76 Å². The van der Waals surface area contributed by atoms with Gasteiger partial charge in [-0.15, -0.1) is 0 Å². The van der Waals surface area contributed by atoms with E-state index in [9.17, 15) is 4.79 Å². The lowest BCUT2D eigenvalue weighted by Crippen LogP contribution is -2.23. The largest absolute Gasteiger partial charge is 0.465 e. The Labute approximate surface area is 120 Å². The maximum Gasteiger partial charge on any atom is 0.253 e. The van der Waals surface area contributed by atoms with Gasteiger partial charge in [0.05, 0.1) is 22.2 Å². The molecule has 19 heavy (non-hydrogen) atoms. The average Bonchev–Trinajstić information content (AvgIpc) is 2.76. The minimum atomic E-state index is -0.353. The summed E-state index contributed by atoms with van der Waals surface area (Å²) in [5.41, 5.74) is 6.26. The SMILES string of the molecule is Cc1ccc(CNC(=O)c2cc(N)cc(Cl)c2Cl)o1. The van der Waals surface area contributed by atoms with Crippen molar-refractivity contribution < 1.29 is 9.21 Å². The third-order valence-corrected chi connectivity index (χ3v) is 3.32. The Bertz CT molecular complexity index is 623. The van der Waals surface area contributed by atoms with Gasteiger partial charge >= 0.3 is 0 Å². The molecule has 0 bridgehead atoms. The molecule has 1 heterocycles. The maximum absolute atomic E-state index is 12.0. The first-order valence-corrected chi connectivity index (χ1v) is 6.31. The first kappa shape index (κ1) is 13.8. The van der Waals surface area contributed by atoms with E-state index >= 15 is 0 Å². The predicted octanol–water partition coefficient (Wildman–Crippen LogP) is 3.41. The summed E-state index contributed by atoms with van der Waals surface area (Å²) in [4.78, 5) is 12.0. The maximum atomic E-state index is 12.0. The lowest BCUT2D eigenvalue weighted by Gasteiger charge is -2.08. The Morgan fingerprint density at radius 3 is 2.74 bits per heavy atom. The fourth-order valence-corrected chi connectivity index (χ4v) is 2.04. The Morgan fingerprint density at radius 2 is 2.11 bits per heavy atom. The van der Waals surface area contributed by atoms with Crippen LogP contribution >= 0.6 is 23.2 Å². The monoisotopic (exact) mass is 298 g/mol. The lowest BCUT2D eigenvalue weighted by atomic mass is 10.2. The van der Waals surface area contributed by atoms with Crippen molar-refractivity contribution in [3.63, 3.8) is 0 Å². The van der Waals surface area contributed by atoms with Crippen molar-refractivity contribution in [2.75, 3.05) is 5.73 Å². The molecule has 1 aromatic heterocycles. The standard InChI is InChI=1S/C13H12Cl2N2O2/c1-7-2-3-9(19-7)6-17-13(18)10-4-8(16)5-11(14)12(10)15/h2-5H,6,16H2,1H3,(H,17,18). The first-order chi connectivity index (χ1) is 8.97. The number of nitrogens with two attached hydrogens (primary N) is 1. The molecule has 0 aliphatic heterocycles. The molecule has 1 aromatic carbocycles. The van der Waals surface area contributed by atoms with Crippen LogP contribution in [-0.2, 0) is 6.54 Å². The highest BCUT2D eigenvalue weighted by Gasteiger charge is 2.14. The molecule has 0 unspecified atom stereocenters. The quantitative estimate of drug-likeness (QED) is 0.853. The summed E-state index contributed by atoms with van der Waals surface area (Å²) in [6.45, 7) is 2.11. The summed E-state index contributed by atoms with van der Waals surface area (Å²) in [6.07, 6.45) is 0. The van der Waals surface area contributed by atoms with Gasteiger partial charge in [0.1, 0.15) is 11.5 Å². The van der Waals surface area contributed by atoms with Crippen LogP contribution in [-0.4, -0.2) is 5.91 Å². The van der Waals surface area contributed by atoms with E-state index in [-0.39, 0.29) is 28.1 Å². The van der Waals surface area contributed by atoms with E-state index in [1.807, 2.05) is 13.0 Å². The van der Waals surface area contributed by atoms with Crippen molar-refractivity contribution >= 4 is 34.8 Å². The van der Waals surface area contributed by atoms with Crippen LogP contribution in [0.4, 0.5) is 5.69 Å². The van der Waals surface area contributed by atoms with Gasteiger partial charge in [0.2, 0.25) is 0 Å². The van der Waals surface area contributed by atoms with Crippen LogP contribution in [0.15, 0.2) is 28.7 Å². The number of rotatable bonds is 3. The molecular weight excluding hydrogens is 287 g/mol. The normalized spacial score (nSPS) is 10.5. The van der Waals surface area contributed by atoms with Gasteiger partial charge < -0.3 is 15.5 Å². The van der Waals surface area contributed by atoms with Crippen LogP contribution in [0, 0.1) is 6.92 Å². The summed E-state index contributed by atoms with van der Waals surface area (Å²) in [7, 11) is 0. The number of carbonyl (C=O) groups excluding carboxylic acids is 1. The number of nitrogen functional groups attached to an aromatic ring is 1. The molecule has 6 heteroatoms. The van der Waals surface area contributed by atoms with Crippen molar-refractivity contribution in [1.29, 1.82) is 0 Å². The molecule has 0 aliphatic carbocycles. The van der Waals surface area contributed by atoms with E-state index in [1.165, 1.54) is 12.1 Å². The van der Waals surface area contributed by atoms with Gasteiger partial charge in [-0.3, -0.25) is 4.79 Å². The minimum Gasteiger partial charge on any atom is -0.465 e. The molecule has 3 N–H and O–H groups in total. The van der Waals surface area contributed by atoms with Crippen LogP contribution in [0.25, 0.3) is 0 Å². The van der Waals surface area contributed by atoms with Gasteiger partial charge in [0, 0.05) is 5.69 Å². The summed E-state index contributed by atoms with van der Waals surface area (Å²) >= 11 is 11.8. The highest BCUT2D eigenvalue weighted by Crippen LogP contribution is 2.28. The second-order valence-corrected chi connectivity index (χ2v) is 4.84. The van der Waals surface area contributed by atoms with E-state index in [4.69, 9.17) is 33.4 Å². The molecule has 2 aromatic rings. The fourth-order valence-electron chi connectivity index (χ4n) is 1.62. The van der Waals surface area contributed by atoms with E-state index in [2.05, 4.69) is 5.32 Å². The molecule has 1 amide bonds.